The number of anilines is 1. The molecule has 20 heavy (non-hydrogen) atoms. The van der Waals surface area contributed by atoms with Gasteiger partial charge in [-0.15, -0.1) is 0 Å². The number of nitro benzene ring substituents is 1. The number of nitrogens with zero attached hydrogens (tertiary/aromatic N) is 4. The maximum atomic E-state index is 11.1. The maximum Gasteiger partial charge on any atom is 0.293 e. The molecule has 0 unspecified atom stereocenters. The number of rotatable bonds is 5. The molecular weight excluding hydrogens is 326 g/mol. The van der Waals surface area contributed by atoms with Crippen LogP contribution in [0.15, 0.2) is 35.3 Å². The van der Waals surface area contributed by atoms with E-state index in [4.69, 9.17) is 0 Å². The quantitative estimate of drug-likeness (QED) is 0.668. The summed E-state index contributed by atoms with van der Waals surface area (Å²) < 4.78 is 2.38. The molecule has 7 nitrogen and oxygen atoms in total. The fraction of sp³-hybridized carbons (Fsp3) is 0.333. The minimum atomic E-state index is -0.403. The summed E-state index contributed by atoms with van der Waals surface area (Å²) in [6, 6.07) is 4.90. The van der Waals surface area contributed by atoms with E-state index in [1.54, 1.807) is 23.1 Å². The predicted molar refractivity (Wildman–Crippen MR) is 78.6 cm³/mol. The van der Waals surface area contributed by atoms with Crippen LogP contribution in [0, 0.1) is 10.1 Å². The van der Waals surface area contributed by atoms with E-state index in [1.807, 2.05) is 13.8 Å². The first-order valence-electron chi connectivity index (χ1n) is 6.03. The Morgan fingerprint density at radius 1 is 1.45 bits per heavy atom. The van der Waals surface area contributed by atoms with E-state index in [9.17, 15) is 10.1 Å². The highest BCUT2D eigenvalue weighted by Gasteiger charge is 2.20. The van der Waals surface area contributed by atoms with Gasteiger partial charge in [-0.25, -0.2) is 9.67 Å². The molecule has 1 aromatic carbocycles. The van der Waals surface area contributed by atoms with E-state index >= 15 is 0 Å². The van der Waals surface area contributed by atoms with Crippen LogP contribution >= 0.6 is 15.9 Å². The van der Waals surface area contributed by atoms with Gasteiger partial charge in [-0.05, 0) is 26.0 Å². The van der Waals surface area contributed by atoms with Crippen LogP contribution in [0.2, 0.25) is 0 Å². The molecule has 0 saturated carbocycles. The van der Waals surface area contributed by atoms with Gasteiger partial charge in [-0.2, -0.15) is 5.10 Å². The lowest BCUT2D eigenvalue weighted by atomic mass is 10.1. The van der Waals surface area contributed by atoms with Crippen LogP contribution in [0.5, 0.6) is 0 Å². The summed E-state index contributed by atoms with van der Waals surface area (Å²) in [6.07, 6.45) is 3.09. The van der Waals surface area contributed by atoms with Crippen molar-refractivity contribution < 1.29 is 4.92 Å². The second kappa shape index (κ2) is 6.00. The van der Waals surface area contributed by atoms with Gasteiger partial charge in [-0.1, -0.05) is 15.9 Å². The monoisotopic (exact) mass is 339 g/mol. The second-order valence-electron chi connectivity index (χ2n) is 4.47. The summed E-state index contributed by atoms with van der Waals surface area (Å²) in [5, 5.41) is 18.3. The van der Waals surface area contributed by atoms with E-state index < -0.39 is 4.92 Å². The Labute approximate surface area is 124 Å². The van der Waals surface area contributed by atoms with Gasteiger partial charge in [0.25, 0.3) is 5.69 Å². The van der Waals surface area contributed by atoms with Gasteiger partial charge in [0.1, 0.15) is 18.3 Å². The Balaban J connectivity index is 2.19. The van der Waals surface area contributed by atoms with Crippen molar-refractivity contribution in [3.8, 4) is 0 Å². The number of benzene rings is 1. The Hall–Kier alpha value is -1.96. The summed E-state index contributed by atoms with van der Waals surface area (Å²) in [4.78, 5) is 14.6. The average Bonchev–Trinajstić information content (AvgIpc) is 2.93. The summed E-state index contributed by atoms with van der Waals surface area (Å²) in [7, 11) is 0. The zero-order valence-corrected chi connectivity index (χ0v) is 12.6. The van der Waals surface area contributed by atoms with Gasteiger partial charge in [0.2, 0.25) is 0 Å². The first kappa shape index (κ1) is 14.4. The molecule has 0 aliphatic heterocycles. The van der Waals surface area contributed by atoms with E-state index in [0.29, 0.717) is 10.2 Å². The number of halogens is 1. The molecule has 1 N–H and O–H groups in total. The molecule has 0 fully saturated rings. The molecule has 0 aliphatic rings. The highest BCUT2D eigenvalue weighted by molar-refractivity contribution is 9.10. The molecule has 0 spiro atoms. The molecule has 2 atom stereocenters. The van der Waals surface area contributed by atoms with Gasteiger partial charge in [0, 0.05) is 16.6 Å². The van der Waals surface area contributed by atoms with Crippen LogP contribution in [0.1, 0.15) is 19.9 Å². The van der Waals surface area contributed by atoms with Crippen LogP contribution in [0.3, 0.4) is 0 Å². The zero-order valence-electron chi connectivity index (χ0n) is 11.0. The van der Waals surface area contributed by atoms with Gasteiger partial charge < -0.3 is 5.32 Å². The fourth-order valence-electron chi connectivity index (χ4n) is 1.80. The standard InChI is InChI=1S/C12H14BrN5O2/c1-8(9(2)17-7-14-6-15-17)16-11-4-3-10(13)5-12(11)18(19)20/h3-9,16H,1-2H3/t8-,9+/m1/s1. The van der Waals surface area contributed by atoms with Crippen LogP contribution in [0.4, 0.5) is 11.4 Å². The SMILES string of the molecule is C[C@@H](Nc1ccc(Br)cc1[N+](=O)[O-])[C@H](C)n1cncn1. The van der Waals surface area contributed by atoms with Gasteiger partial charge in [-0.3, -0.25) is 10.1 Å². The zero-order chi connectivity index (χ0) is 14.7. The van der Waals surface area contributed by atoms with E-state index in [2.05, 4.69) is 31.3 Å². The summed E-state index contributed by atoms with van der Waals surface area (Å²) in [5.74, 6) is 0. The lowest BCUT2D eigenvalue weighted by Gasteiger charge is -2.22. The molecule has 1 heterocycles. The van der Waals surface area contributed by atoms with Crippen molar-refractivity contribution in [1.29, 1.82) is 0 Å². The first-order chi connectivity index (χ1) is 9.49. The largest absolute Gasteiger partial charge is 0.375 e. The lowest BCUT2D eigenvalue weighted by molar-refractivity contribution is -0.384. The molecule has 1 aromatic heterocycles. The third-order valence-corrected chi connectivity index (χ3v) is 3.61. The fourth-order valence-corrected chi connectivity index (χ4v) is 2.15. The van der Waals surface area contributed by atoms with Crippen LogP contribution < -0.4 is 5.32 Å². The third kappa shape index (κ3) is 3.13. The summed E-state index contributed by atoms with van der Waals surface area (Å²) in [5.41, 5.74) is 0.523. The van der Waals surface area contributed by atoms with Crippen molar-refractivity contribution in [2.45, 2.75) is 25.9 Å². The molecule has 0 amide bonds. The lowest BCUT2D eigenvalue weighted by Crippen LogP contribution is -2.27. The highest BCUT2D eigenvalue weighted by Crippen LogP contribution is 2.29. The van der Waals surface area contributed by atoms with Crippen molar-refractivity contribution in [3.63, 3.8) is 0 Å². The van der Waals surface area contributed by atoms with Crippen molar-refractivity contribution in [3.05, 3.63) is 45.4 Å². The van der Waals surface area contributed by atoms with Crippen LogP contribution in [0.25, 0.3) is 0 Å². The molecule has 0 saturated heterocycles. The number of hydrogen-bond acceptors (Lipinski definition) is 5. The minimum Gasteiger partial charge on any atom is -0.375 e. The first-order valence-corrected chi connectivity index (χ1v) is 6.83. The molecule has 2 rings (SSSR count). The van der Waals surface area contributed by atoms with Crippen molar-refractivity contribution in [2.75, 3.05) is 5.32 Å². The molecule has 8 heteroatoms. The van der Waals surface area contributed by atoms with Crippen molar-refractivity contribution in [1.82, 2.24) is 14.8 Å². The molecule has 0 aliphatic carbocycles. The highest BCUT2D eigenvalue weighted by atomic mass is 79.9. The van der Waals surface area contributed by atoms with Gasteiger partial charge in [0.05, 0.1) is 11.0 Å². The van der Waals surface area contributed by atoms with Crippen molar-refractivity contribution in [2.24, 2.45) is 0 Å². The number of nitro groups is 1. The van der Waals surface area contributed by atoms with E-state index in [1.165, 1.54) is 12.4 Å². The number of nitrogens with one attached hydrogen (secondary N) is 1. The normalized spacial score (nSPS) is 13.8. The molecular formula is C12H14BrN5O2. The topological polar surface area (TPSA) is 85.9 Å². The van der Waals surface area contributed by atoms with Crippen LogP contribution in [-0.2, 0) is 0 Å². The summed E-state index contributed by atoms with van der Waals surface area (Å²) >= 11 is 3.24. The Morgan fingerprint density at radius 2 is 2.20 bits per heavy atom. The van der Waals surface area contributed by atoms with E-state index in [-0.39, 0.29) is 17.8 Å². The number of hydrogen-bond donors (Lipinski definition) is 1. The molecule has 2 aromatic rings. The van der Waals surface area contributed by atoms with E-state index in [0.717, 1.165) is 0 Å². The Bertz CT molecular complexity index is 602. The second-order valence-corrected chi connectivity index (χ2v) is 5.38. The van der Waals surface area contributed by atoms with Crippen molar-refractivity contribution >= 4 is 27.3 Å². The molecule has 0 bridgehead atoms. The Kier molecular flexibility index (Phi) is 4.33. The third-order valence-electron chi connectivity index (χ3n) is 3.12. The Morgan fingerprint density at radius 3 is 2.80 bits per heavy atom. The van der Waals surface area contributed by atoms with Crippen LogP contribution in [-0.4, -0.2) is 25.7 Å². The predicted octanol–water partition coefficient (Wildman–Crippen LogP) is 3.01. The molecule has 106 valence electrons. The minimum absolute atomic E-state index is 0.0146. The maximum absolute atomic E-state index is 11.1. The summed E-state index contributed by atoms with van der Waals surface area (Å²) in [6.45, 7) is 3.91. The van der Waals surface area contributed by atoms with Gasteiger partial charge in [0.15, 0.2) is 0 Å². The number of aromatic nitrogens is 3. The smallest absolute Gasteiger partial charge is 0.293 e. The average molecular weight is 340 g/mol. The van der Waals surface area contributed by atoms with Gasteiger partial charge >= 0.3 is 0 Å². The molecule has 0 radical (unpaired) electrons.